The minimum absolute atomic E-state index is 0.340. The smallest absolute Gasteiger partial charge is 0.291 e. The van der Waals surface area contributed by atoms with Gasteiger partial charge in [-0.25, -0.2) is 0 Å². The van der Waals surface area contributed by atoms with Crippen LogP contribution >= 0.6 is 8.25 Å². The Morgan fingerprint density at radius 3 is 3.00 bits per heavy atom. The number of ketones is 1. The zero-order chi connectivity index (χ0) is 12.3. The maximum atomic E-state index is 11.6. The Kier molecular flexibility index (Phi) is 3.54. The molecule has 0 spiro atoms. The summed E-state index contributed by atoms with van der Waals surface area (Å²) >= 11 is 0. The Balaban J connectivity index is 2.24. The van der Waals surface area contributed by atoms with Crippen molar-refractivity contribution in [3.63, 3.8) is 0 Å². The molecule has 0 fully saturated rings. The third kappa shape index (κ3) is 2.91. The van der Waals surface area contributed by atoms with E-state index in [0.29, 0.717) is 5.56 Å². The van der Waals surface area contributed by atoms with E-state index in [9.17, 15) is 9.36 Å². The molecule has 1 atom stereocenters. The van der Waals surface area contributed by atoms with Crippen LogP contribution in [0.5, 0.6) is 0 Å². The molecule has 0 saturated carbocycles. The average Bonchev–Trinajstić information content (AvgIpc) is 2.35. The number of carbonyl (C=O) groups is 1. The fraction of sp³-hybridized carbons (Fsp3) is 0.0909. The van der Waals surface area contributed by atoms with E-state index in [2.05, 4.69) is 9.51 Å². The van der Waals surface area contributed by atoms with Crippen molar-refractivity contribution in [2.75, 3.05) is 6.61 Å². The van der Waals surface area contributed by atoms with Crippen LogP contribution < -0.4 is 0 Å². The number of fused-ring (bicyclic) bond motifs is 1. The van der Waals surface area contributed by atoms with Gasteiger partial charge in [0.15, 0.2) is 12.4 Å². The number of rotatable bonds is 4. The van der Waals surface area contributed by atoms with Crippen LogP contribution in [0.4, 0.5) is 0 Å². The SMILES string of the molecule is O=C(CO[P+](=O)O)c1ccc2ncccc2c1. The molecule has 0 aliphatic heterocycles. The van der Waals surface area contributed by atoms with Crippen LogP contribution in [0.1, 0.15) is 10.4 Å². The Morgan fingerprint density at radius 2 is 2.24 bits per heavy atom. The molecule has 0 saturated heterocycles. The van der Waals surface area contributed by atoms with Gasteiger partial charge in [-0.2, -0.15) is 0 Å². The largest absolute Gasteiger partial charge is 0.695 e. The third-order valence-corrected chi connectivity index (χ3v) is 2.58. The first-order valence-corrected chi connectivity index (χ1v) is 5.97. The second-order valence-corrected chi connectivity index (χ2v) is 4.08. The number of benzene rings is 1. The molecule has 1 N–H and O–H groups in total. The highest BCUT2D eigenvalue weighted by Crippen LogP contribution is 2.17. The number of hydrogen-bond acceptors (Lipinski definition) is 4. The quantitative estimate of drug-likeness (QED) is 0.664. The zero-order valence-electron chi connectivity index (χ0n) is 8.74. The topological polar surface area (TPSA) is 76.5 Å². The van der Waals surface area contributed by atoms with Gasteiger partial charge < -0.3 is 0 Å². The molecule has 0 aliphatic rings. The van der Waals surface area contributed by atoms with E-state index in [1.807, 2.05) is 6.07 Å². The van der Waals surface area contributed by atoms with E-state index in [4.69, 9.17) is 4.89 Å². The van der Waals surface area contributed by atoms with Crippen molar-refractivity contribution in [1.82, 2.24) is 4.98 Å². The van der Waals surface area contributed by atoms with Crippen molar-refractivity contribution in [2.24, 2.45) is 0 Å². The fourth-order valence-electron chi connectivity index (χ4n) is 1.45. The highest BCUT2D eigenvalue weighted by Gasteiger charge is 2.16. The number of nitrogens with zero attached hydrogens (tertiary/aromatic N) is 1. The maximum absolute atomic E-state index is 11.6. The summed E-state index contributed by atoms with van der Waals surface area (Å²) in [5.74, 6) is -0.340. The minimum atomic E-state index is -2.74. The van der Waals surface area contributed by atoms with Gasteiger partial charge in [-0.1, -0.05) is 6.07 Å². The van der Waals surface area contributed by atoms with Crippen LogP contribution in [0.3, 0.4) is 0 Å². The Labute approximate surface area is 98.0 Å². The van der Waals surface area contributed by atoms with Crippen LogP contribution in [0.15, 0.2) is 36.5 Å². The Hall–Kier alpha value is -1.68. The molecule has 1 aromatic carbocycles. The first kappa shape index (κ1) is 11.8. The summed E-state index contributed by atoms with van der Waals surface area (Å²) < 4.78 is 14.7. The second kappa shape index (κ2) is 5.10. The van der Waals surface area contributed by atoms with Crippen molar-refractivity contribution in [3.8, 4) is 0 Å². The van der Waals surface area contributed by atoms with E-state index >= 15 is 0 Å². The van der Waals surface area contributed by atoms with Crippen LogP contribution in [-0.4, -0.2) is 22.3 Å². The van der Waals surface area contributed by atoms with E-state index in [1.54, 1.807) is 30.5 Å². The monoisotopic (exact) mass is 250 g/mol. The molecule has 0 bridgehead atoms. The van der Waals surface area contributed by atoms with Gasteiger partial charge in [0, 0.05) is 21.7 Å². The molecule has 1 heterocycles. The van der Waals surface area contributed by atoms with E-state index in [1.165, 1.54) is 0 Å². The molecule has 1 unspecified atom stereocenters. The highest BCUT2D eigenvalue weighted by atomic mass is 31.1. The molecule has 1 aromatic heterocycles. The number of carbonyl (C=O) groups excluding carboxylic acids is 1. The normalized spacial score (nSPS) is 11.5. The highest BCUT2D eigenvalue weighted by molar-refractivity contribution is 7.32. The van der Waals surface area contributed by atoms with E-state index < -0.39 is 14.9 Å². The Bertz CT molecular complexity index is 584. The van der Waals surface area contributed by atoms with Crippen LogP contribution in [0.2, 0.25) is 0 Å². The molecule has 6 heteroatoms. The van der Waals surface area contributed by atoms with Crippen molar-refractivity contribution in [1.29, 1.82) is 0 Å². The lowest BCUT2D eigenvalue weighted by Gasteiger charge is -1.99. The summed E-state index contributed by atoms with van der Waals surface area (Å²) in [6.07, 6.45) is 1.67. The van der Waals surface area contributed by atoms with Gasteiger partial charge in [0.25, 0.3) is 0 Å². The van der Waals surface area contributed by atoms with Gasteiger partial charge >= 0.3 is 8.25 Å². The first-order chi connectivity index (χ1) is 8.16. The van der Waals surface area contributed by atoms with Crippen molar-refractivity contribution < 1.29 is 18.8 Å². The molecule has 2 aromatic rings. The van der Waals surface area contributed by atoms with Crippen LogP contribution in [0.25, 0.3) is 10.9 Å². The molecule has 2 rings (SSSR count). The van der Waals surface area contributed by atoms with E-state index in [-0.39, 0.29) is 5.78 Å². The van der Waals surface area contributed by atoms with Crippen LogP contribution in [0, 0.1) is 0 Å². The van der Waals surface area contributed by atoms with Gasteiger partial charge in [-0.05, 0) is 24.3 Å². The standard InChI is InChI=1S/C11H8NO4P/c13-11(7-16-17(14)15)9-3-4-10-8(6-9)2-1-5-12-10/h1-6H,7H2/p+1. The van der Waals surface area contributed by atoms with Gasteiger partial charge in [-0.3, -0.25) is 9.78 Å². The number of hydrogen-bond donors (Lipinski definition) is 1. The summed E-state index contributed by atoms with van der Waals surface area (Å²) in [5.41, 5.74) is 1.22. The van der Waals surface area contributed by atoms with Crippen molar-refractivity contribution in [3.05, 3.63) is 42.1 Å². The second-order valence-electron chi connectivity index (χ2n) is 3.35. The molecule has 0 aliphatic carbocycles. The number of pyridine rings is 1. The van der Waals surface area contributed by atoms with Gasteiger partial charge in [-0.15, -0.1) is 9.42 Å². The molecule has 17 heavy (non-hydrogen) atoms. The predicted molar refractivity (Wildman–Crippen MR) is 61.9 cm³/mol. The van der Waals surface area contributed by atoms with Crippen molar-refractivity contribution >= 4 is 24.9 Å². The predicted octanol–water partition coefficient (Wildman–Crippen LogP) is 2.08. The van der Waals surface area contributed by atoms with Gasteiger partial charge in [0.1, 0.15) is 0 Å². The maximum Gasteiger partial charge on any atom is 0.695 e. The lowest BCUT2D eigenvalue weighted by Crippen LogP contribution is -2.05. The van der Waals surface area contributed by atoms with E-state index in [0.717, 1.165) is 10.9 Å². The molecular formula is C11H9NO4P+. The summed E-state index contributed by atoms with van der Waals surface area (Å²) in [4.78, 5) is 24.2. The zero-order valence-corrected chi connectivity index (χ0v) is 9.63. The summed E-state index contributed by atoms with van der Waals surface area (Å²) in [5, 5.41) is 0.840. The molecule has 5 nitrogen and oxygen atoms in total. The molecule has 86 valence electrons. The molecule has 0 amide bonds. The summed E-state index contributed by atoms with van der Waals surface area (Å²) in [6.45, 7) is -0.405. The summed E-state index contributed by atoms with van der Waals surface area (Å²) in [7, 11) is -2.74. The Morgan fingerprint density at radius 1 is 1.41 bits per heavy atom. The lowest BCUT2D eigenvalue weighted by atomic mass is 10.1. The minimum Gasteiger partial charge on any atom is -0.291 e. The summed E-state index contributed by atoms with van der Waals surface area (Å²) in [6, 6.07) is 8.63. The van der Waals surface area contributed by atoms with Gasteiger partial charge in [0.2, 0.25) is 0 Å². The first-order valence-electron chi connectivity index (χ1n) is 4.84. The lowest BCUT2D eigenvalue weighted by molar-refractivity contribution is 0.0917. The van der Waals surface area contributed by atoms with Crippen molar-refractivity contribution in [2.45, 2.75) is 0 Å². The third-order valence-electron chi connectivity index (χ3n) is 2.23. The molecular weight excluding hydrogens is 241 g/mol. The number of Topliss-reactive ketones (excluding diaryl/α,β-unsaturated/α-hetero) is 1. The molecule has 0 radical (unpaired) electrons. The fourth-order valence-corrected chi connectivity index (χ4v) is 1.67. The van der Waals surface area contributed by atoms with Gasteiger partial charge in [0.05, 0.1) is 5.52 Å². The average molecular weight is 250 g/mol. The van der Waals surface area contributed by atoms with Crippen LogP contribution in [-0.2, 0) is 9.09 Å². The number of aromatic nitrogens is 1.